The van der Waals surface area contributed by atoms with Gasteiger partial charge in [-0.25, -0.2) is 0 Å². The number of rotatable bonds is 1. The van der Waals surface area contributed by atoms with E-state index in [2.05, 4.69) is 20.8 Å². The average molecular weight is 178 g/mol. The zero-order valence-corrected chi connectivity index (χ0v) is 10.8. The summed E-state index contributed by atoms with van der Waals surface area (Å²) < 4.78 is 0. The topological polar surface area (TPSA) is 23.1 Å². The van der Waals surface area contributed by atoms with Gasteiger partial charge >= 0.3 is 29.6 Å². The van der Waals surface area contributed by atoms with E-state index in [1.807, 2.05) is 0 Å². The Morgan fingerprint density at radius 2 is 1.83 bits per heavy atom. The first-order valence-electron chi connectivity index (χ1n) is 4.77. The molecule has 0 bridgehead atoms. The molecule has 3 atom stereocenters. The van der Waals surface area contributed by atoms with Crippen molar-refractivity contribution in [3.05, 3.63) is 0 Å². The van der Waals surface area contributed by atoms with Crippen LogP contribution in [0.2, 0.25) is 0 Å². The third-order valence-corrected chi connectivity index (χ3v) is 2.96. The number of hydrogen-bond acceptors (Lipinski definition) is 1. The van der Waals surface area contributed by atoms with Gasteiger partial charge in [-0.3, -0.25) is 0 Å². The van der Waals surface area contributed by atoms with Gasteiger partial charge in [0.05, 0.1) is 0 Å². The van der Waals surface area contributed by atoms with E-state index in [4.69, 9.17) is 0 Å². The fourth-order valence-corrected chi connectivity index (χ4v) is 2.11. The molecule has 12 heavy (non-hydrogen) atoms. The molecule has 0 aromatic heterocycles. The van der Waals surface area contributed by atoms with Crippen molar-refractivity contribution >= 4 is 0 Å². The van der Waals surface area contributed by atoms with Crippen LogP contribution in [0, 0.1) is 17.8 Å². The van der Waals surface area contributed by atoms with Crippen molar-refractivity contribution in [2.24, 2.45) is 17.8 Å². The maximum Gasteiger partial charge on any atom is 1.00 e. The monoisotopic (exact) mass is 178 g/mol. The van der Waals surface area contributed by atoms with Crippen LogP contribution in [0.15, 0.2) is 0 Å². The van der Waals surface area contributed by atoms with E-state index in [0.717, 1.165) is 12.8 Å². The molecule has 0 aromatic rings. The van der Waals surface area contributed by atoms with Crippen LogP contribution in [0.3, 0.4) is 0 Å². The van der Waals surface area contributed by atoms with E-state index in [0.29, 0.717) is 17.8 Å². The van der Waals surface area contributed by atoms with E-state index in [1.165, 1.54) is 6.42 Å². The summed E-state index contributed by atoms with van der Waals surface area (Å²) in [5.41, 5.74) is 0. The third kappa shape index (κ3) is 3.37. The van der Waals surface area contributed by atoms with Gasteiger partial charge in [-0.1, -0.05) is 46.0 Å². The Morgan fingerprint density at radius 1 is 1.25 bits per heavy atom. The maximum absolute atomic E-state index is 11.5. The molecule has 1 unspecified atom stereocenters. The van der Waals surface area contributed by atoms with Gasteiger partial charge in [0.15, 0.2) is 0 Å². The second kappa shape index (κ2) is 5.64. The first-order chi connectivity index (χ1) is 5.11. The third-order valence-electron chi connectivity index (χ3n) is 2.96. The smallest absolute Gasteiger partial charge is 0.852 e. The summed E-state index contributed by atoms with van der Waals surface area (Å²) in [6.45, 7) is 6.54. The summed E-state index contributed by atoms with van der Waals surface area (Å²) in [5, 5.41) is 11.5. The molecule has 0 aliphatic heterocycles. The zero-order chi connectivity index (χ0) is 8.43. The van der Waals surface area contributed by atoms with Crippen molar-refractivity contribution in [2.75, 3.05) is 0 Å². The second-order valence-electron chi connectivity index (χ2n) is 4.36. The molecule has 1 rings (SSSR count). The van der Waals surface area contributed by atoms with Crippen LogP contribution in [-0.2, 0) is 0 Å². The van der Waals surface area contributed by atoms with Crippen molar-refractivity contribution in [2.45, 2.75) is 46.1 Å². The zero-order valence-electron chi connectivity index (χ0n) is 8.84. The largest absolute Gasteiger partial charge is 1.00 e. The Labute approximate surface area is 98.2 Å². The summed E-state index contributed by atoms with van der Waals surface area (Å²) in [4.78, 5) is 0. The standard InChI is InChI=1S/C10H19O.Na/c1-7(2)9-5-4-8(3)6-10(9)11;/h7-10H,4-6H2,1-3H3;/q-1;+1/t8?,9-,10+;/m0./s1. The SMILES string of the molecule is CC1CC[C@@H](C(C)C)[C@H]([O-])C1.[Na+]. The van der Waals surface area contributed by atoms with Crippen molar-refractivity contribution in [3.8, 4) is 0 Å². The maximum atomic E-state index is 11.5. The van der Waals surface area contributed by atoms with Crippen LogP contribution in [0.25, 0.3) is 0 Å². The Hall–Kier alpha value is 0.960. The van der Waals surface area contributed by atoms with Crippen LogP contribution in [-0.4, -0.2) is 6.10 Å². The molecule has 1 aliphatic carbocycles. The van der Waals surface area contributed by atoms with Crippen LogP contribution < -0.4 is 34.7 Å². The first-order valence-corrected chi connectivity index (χ1v) is 4.77. The molecule has 1 nitrogen and oxygen atoms in total. The summed E-state index contributed by atoms with van der Waals surface area (Å²) >= 11 is 0. The predicted molar refractivity (Wildman–Crippen MR) is 45.1 cm³/mol. The van der Waals surface area contributed by atoms with Crippen LogP contribution in [0.4, 0.5) is 0 Å². The Morgan fingerprint density at radius 3 is 2.25 bits per heavy atom. The van der Waals surface area contributed by atoms with Crippen molar-refractivity contribution in [1.82, 2.24) is 0 Å². The van der Waals surface area contributed by atoms with Crippen molar-refractivity contribution < 1.29 is 34.7 Å². The summed E-state index contributed by atoms with van der Waals surface area (Å²) in [7, 11) is 0. The molecule has 66 valence electrons. The Balaban J connectivity index is 0.00000121. The summed E-state index contributed by atoms with van der Waals surface area (Å²) in [5.74, 6) is 1.71. The molecule has 0 amide bonds. The van der Waals surface area contributed by atoms with Gasteiger partial charge in [0.2, 0.25) is 0 Å². The van der Waals surface area contributed by atoms with Crippen molar-refractivity contribution in [3.63, 3.8) is 0 Å². The van der Waals surface area contributed by atoms with E-state index in [9.17, 15) is 5.11 Å². The van der Waals surface area contributed by atoms with E-state index in [-0.39, 0.29) is 35.7 Å². The number of hydrogen-bond donors (Lipinski definition) is 0. The Bertz CT molecular complexity index is 125. The van der Waals surface area contributed by atoms with Crippen LogP contribution in [0.1, 0.15) is 40.0 Å². The quantitative estimate of drug-likeness (QED) is 0.463. The van der Waals surface area contributed by atoms with Crippen LogP contribution >= 0.6 is 0 Å². The average Bonchev–Trinajstić information content (AvgIpc) is 1.85. The molecule has 0 spiro atoms. The molecule has 1 saturated carbocycles. The van der Waals surface area contributed by atoms with Gasteiger partial charge in [-0.15, -0.1) is 6.10 Å². The van der Waals surface area contributed by atoms with Crippen LogP contribution in [0.5, 0.6) is 0 Å². The minimum absolute atomic E-state index is 0. The second-order valence-corrected chi connectivity index (χ2v) is 4.36. The van der Waals surface area contributed by atoms with Crippen molar-refractivity contribution in [1.29, 1.82) is 0 Å². The Kier molecular flexibility index (Phi) is 6.09. The van der Waals surface area contributed by atoms with Gasteiger partial charge < -0.3 is 5.11 Å². The van der Waals surface area contributed by atoms with E-state index < -0.39 is 0 Å². The van der Waals surface area contributed by atoms with Gasteiger partial charge in [0, 0.05) is 0 Å². The molecular formula is C10H19NaO. The van der Waals surface area contributed by atoms with Gasteiger partial charge in [-0.2, -0.15) is 0 Å². The van der Waals surface area contributed by atoms with Gasteiger partial charge in [0.25, 0.3) is 0 Å². The molecule has 2 heteroatoms. The first kappa shape index (κ1) is 13.0. The molecule has 0 aromatic carbocycles. The fourth-order valence-electron chi connectivity index (χ4n) is 2.11. The molecule has 0 heterocycles. The molecular weight excluding hydrogens is 159 g/mol. The molecule has 1 aliphatic rings. The van der Waals surface area contributed by atoms with Gasteiger partial charge in [0.1, 0.15) is 0 Å². The molecule has 1 fully saturated rings. The summed E-state index contributed by atoms with van der Waals surface area (Å²) in [6, 6.07) is 0. The van der Waals surface area contributed by atoms with Gasteiger partial charge in [-0.05, 0) is 11.8 Å². The molecule has 0 N–H and O–H groups in total. The molecule has 0 saturated heterocycles. The minimum atomic E-state index is -0.279. The van der Waals surface area contributed by atoms with E-state index in [1.54, 1.807) is 0 Å². The summed E-state index contributed by atoms with van der Waals surface area (Å²) in [6.07, 6.45) is 3.05. The predicted octanol–water partition coefficient (Wildman–Crippen LogP) is -1.19. The van der Waals surface area contributed by atoms with E-state index >= 15 is 0 Å². The fraction of sp³-hybridized carbons (Fsp3) is 1.00. The minimum Gasteiger partial charge on any atom is -0.852 e. The normalized spacial score (nSPS) is 36.2. The molecule has 0 radical (unpaired) electrons.